The number of ketones is 1. The molecule has 21 heavy (non-hydrogen) atoms. The second-order valence-electron chi connectivity index (χ2n) is 5.03. The molecule has 108 valence electrons. The van der Waals surface area contributed by atoms with Gasteiger partial charge in [0.15, 0.2) is 5.78 Å². The van der Waals surface area contributed by atoms with Crippen LogP contribution in [-0.4, -0.2) is 36.4 Å². The van der Waals surface area contributed by atoms with Crippen molar-refractivity contribution in [2.24, 2.45) is 0 Å². The molecule has 1 aliphatic rings. The maximum absolute atomic E-state index is 13.0. The van der Waals surface area contributed by atoms with Crippen LogP contribution in [0.3, 0.4) is 0 Å². The van der Waals surface area contributed by atoms with Crippen molar-refractivity contribution in [2.45, 2.75) is 6.04 Å². The highest BCUT2D eigenvalue weighted by atomic mass is 19.1. The molecule has 1 aliphatic heterocycles. The lowest BCUT2D eigenvalue weighted by Crippen LogP contribution is -2.54. The summed E-state index contributed by atoms with van der Waals surface area (Å²) in [6.07, 6.45) is 3.24. The number of Topliss-reactive ketones (excluding diaryl/α,β-unsaturated/α-hetero) is 1. The molecule has 0 amide bonds. The molecule has 1 unspecified atom stereocenters. The summed E-state index contributed by atoms with van der Waals surface area (Å²) in [5, 5.41) is 3.24. The molecule has 1 saturated heterocycles. The van der Waals surface area contributed by atoms with Gasteiger partial charge in [-0.15, -0.1) is 0 Å². The first-order valence-corrected chi connectivity index (χ1v) is 6.92. The number of halogens is 1. The lowest BCUT2D eigenvalue weighted by molar-refractivity contribution is 0.0940. The molecule has 1 atom stereocenters. The first-order chi connectivity index (χ1) is 10.2. The van der Waals surface area contributed by atoms with Gasteiger partial charge in [-0.3, -0.25) is 9.78 Å². The Morgan fingerprint density at radius 2 is 1.90 bits per heavy atom. The Morgan fingerprint density at radius 3 is 2.62 bits per heavy atom. The summed E-state index contributed by atoms with van der Waals surface area (Å²) >= 11 is 0. The highest BCUT2D eigenvalue weighted by Gasteiger charge is 2.26. The number of hydrogen-bond acceptors (Lipinski definition) is 4. The number of nitrogens with one attached hydrogen (secondary N) is 1. The molecule has 1 aromatic carbocycles. The molecule has 2 heterocycles. The number of carbonyl (C=O) groups excluding carboxylic acids is 1. The van der Waals surface area contributed by atoms with E-state index in [1.165, 1.54) is 12.1 Å². The van der Waals surface area contributed by atoms with E-state index in [-0.39, 0.29) is 17.6 Å². The van der Waals surface area contributed by atoms with Crippen molar-refractivity contribution in [3.63, 3.8) is 0 Å². The topological polar surface area (TPSA) is 45.2 Å². The van der Waals surface area contributed by atoms with Crippen LogP contribution in [0, 0.1) is 5.82 Å². The van der Waals surface area contributed by atoms with E-state index in [0.717, 1.165) is 18.8 Å². The van der Waals surface area contributed by atoms with Gasteiger partial charge < -0.3 is 10.2 Å². The number of benzene rings is 1. The van der Waals surface area contributed by atoms with Gasteiger partial charge in [0.05, 0.1) is 6.04 Å². The molecule has 0 spiro atoms. The normalized spacial score (nSPS) is 18.5. The summed E-state index contributed by atoms with van der Waals surface area (Å²) < 4.78 is 13.0. The number of anilines is 1. The molecular formula is C16H16FN3O. The molecule has 4 nitrogen and oxygen atoms in total. The summed E-state index contributed by atoms with van der Waals surface area (Å²) in [5.74, 6) is -0.192. The molecule has 3 rings (SSSR count). The fraction of sp³-hybridized carbons (Fsp3) is 0.250. The third-order valence-electron chi connectivity index (χ3n) is 3.65. The molecular weight excluding hydrogens is 269 g/mol. The zero-order chi connectivity index (χ0) is 14.7. The molecule has 0 aliphatic carbocycles. The Morgan fingerprint density at radius 1 is 1.19 bits per heavy atom. The summed E-state index contributed by atoms with van der Waals surface area (Å²) in [6, 6.07) is 9.56. The van der Waals surface area contributed by atoms with Crippen molar-refractivity contribution in [3.05, 3.63) is 60.2 Å². The van der Waals surface area contributed by atoms with Gasteiger partial charge in [0.2, 0.25) is 0 Å². The van der Waals surface area contributed by atoms with Gasteiger partial charge in [0, 0.05) is 43.3 Å². The average Bonchev–Trinajstić information content (AvgIpc) is 2.56. The van der Waals surface area contributed by atoms with Crippen LogP contribution in [0.5, 0.6) is 0 Å². The van der Waals surface area contributed by atoms with E-state index in [1.807, 2.05) is 0 Å². The van der Waals surface area contributed by atoms with E-state index < -0.39 is 0 Å². The zero-order valence-corrected chi connectivity index (χ0v) is 11.5. The van der Waals surface area contributed by atoms with Gasteiger partial charge >= 0.3 is 0 Å². The van der Waals surface area contributed by atoms with E-state index in [0.29, 0.717) is 12.1 Å². The van der Waals surface area contributed by atoms with Crippen LogP contribution in [0.1, 0.15) is 10.4 Å². The predicted octanol–water partition coefficient (Wildman–Crippen LogP) is 1.88. The van der Waals surface area contributed by atoms with Gasteiger partial charge in [-0.1, -0.05) is 0 Å². The van der Waals surface area contributed by atoms with Gasteiger partial charge in [-0.05, 0) is 36.4 Å². The monoisotopic (exact) mass is 285 g/mol. The highest BCUT2D eigenvalue weighted by Crippen LogP contribution is 2.17. The van der Waals surface area contributed by atoms with Crippen LogP contribution >= 0.6 is 0 Å². The molecule has 0 radical (unpaired) electrons. The molecule has 5 heteroatoms. The second-order valence-corrected chi connectivity index (χ2v) is 5.03. The summed E-state index contributed by atoms with van der Waals surface area (Å²) in [5.41, 5.74) is 1.59. The molecule has 0 saturated carbocycles. The SMILES string of the molecule is O=C(c1ccncc1)C1CN(c2ccc(F)cc2)CCN1. The van der Waals surface area contributed by atoms with Gasteiger partial charge in [-0.2, -0.15) is 0 Å². The van der Waals surface area contributed by atoms with E-state index in [2.05, 4.69) is 15.2 Å². The summed E-state index contributed by atoms with van der Waals surface area (Å²) in [4.78, 5) is 18.5. The standard InChI is InChI=1S/C16H16FN3O/c17-13-1-3-14(4-2-13)20-10-9-19-15(11-20)16(21)12-5-7-18-8-6-12/h1-8,15,19H,9-11H2. The average molecular weight is 285 g/mol. The zero-order valence-electron chi connectivity index (χ0n) is 11.5. The Balaban J connectivity index is 1.74. The fourth-order valence-corrected chi connectivity index (χ4v) is 2.53. The largest absolute Gasteiger partial charge is 0.368 e. The smallest absolute Gasteiger partial charge is 0.181 e. The molecule has 2 aromatic rings. The third-order valence-corrected chi connectivity index (χ3v) is 3.65. The minimum Gasteiger partial charge on any atom is -0.368 e. The van der Waals surface area contributed by atoms with Crippen LogP contribution in [-0.2, 0) is 0 Å². The fourth-order valence-electron chi connectivity index (χ4n) is 2.53. The van der Waals surface area contributed by atoms with Gasteiger partial charge in [-0.25, -0.2) is 4.39 Å². The number of carbonyl (C=O) groups is 1. The maximum atomic E-state index is 13.0. The molecule has 0 bridgehead atoms. The highest BCUT2D eigenvalue weighted by molar-refractivity contribution is 6.00. The molecule has 1 N–H and O–H groups in total. The second kappa shape index (κ2) is 6.01. The molecule has 1 fully saturated rings. The lowest BCUT2D eigenvalue weighted by Gasteiger charge is -2.34. The van der Waals surface area contributed by atoms with Crippen LogP contribution in [0.4, 0.5) is 10.1 Å². The number of nitrogens with zero attached hydrogens (tertiary/aromatic N) is 2. The van der Waals surface area contributed by atoms with Crippen LogP contribution in [0.25, 0.3) is 0 Å². The van der Waals surface area contributed by atoms with Crippen molar-refractivity contribution >= 4 is 11.5 Å². The van der Waals surface area contributed by atoms with E-state index >= 15 is 0 Å². The first kappa shape index (κ1) is 13.7. The molecule has 1 aromatic heterocycles. The Hall–Kier alpha value is -2.27. The van der Waals surface area contributed by atoms with Gasteiger partial charge in [0.25, 0.3) is 0 Å². The van der Waals surface area contributed by atoms with E-state index in [9.17, 15) is 9.18 Å². The van der Waals surface area contributed by atoms with Gasteiger partial charge in [0.1, 0.15) is 5.82 Å². The first-order valence-electron chi connectivity index (χ1n) is 6.92. The summed E-state index contributed by atoms with van der Waals surface area (Å²) in [7, 11) is 0. The van der Waals surface area contributed by atoms with Crippen molar-refractivity contribution in [2.75, 3.05) is 24.5 Å². The Labute approximate surface area is 122 Å². The van der Waals surface area contributed by atoms with Crippen LogP contribution in [0.15, 0.2) is 48.8 Å². The number of piperazine rings is 1. The van der Waals surface area contributed by atoms with E-state index in [4.69, 9.17) is 0 Å². The lowest BCUT2D eigenvalue weighted by atomic mass is 10.0. The third kappa shape index (κ3) is 3.08. The maximum Gasteiger partial charge on any atom is 0.181 e. The van der Waals surface area contributed by atoms with Crippen molar-refractivity contribution in [1.29, 1.82) is 0 Å². The predicted molar refractivity (Wildman–Crippen MR) is 79.0 cm³/mol. The number of hydrogen-bond donors (Lipinski definition) is 1. The van der Waals surface area contributed by atoms with Crippen molar-refractivity contribution < 1.29 is 9.18 Å². The number of aromatic nitrogens is 1. The Kier molecular flexibility index (Phi) is 3.92. The van der Waals surface area contributed by atoms with Crippen LogP contribution in [0.2, 0.25) is 0 Å². The van der Waals surface area contributed by atoms with E-state index in [1.54, 1.807) is 36.7 Å². The number of pyridine rings is 1. The van der Waals surface area contributed by atoms with Crippen molar-refractivity contribution in [1.82, 2.24) is 10.3 Å². The van der Waals surface area contributed by atoms with Crippen LogP contribution < -0.4 is 10.2 Å². The minimum atomic E-state index is -0.258. The summed E-state index contributed by atoms with van der Waals surface area (Å²) in [6.45, 7) is 2.09. The van der Waals surface area contributed by atoms with Crippen molar-refractivity contribution in [3.8, 4) is 0 Å². The number of rotatable bonds is 3. The minimum absolute atomic E-state index is 0.0595. The quantitative estimate of drug-likeness (QED) is 0.875. The Bertz CT molecular complexity index is 615.